The first-order valence-corrected chi connectivity index (χ1v) is 8.15. The van der Waals surface area contributed by atoms with E-state index in [1.165, 1.54) is 0 Å². The Hall–Kier alpha value is -1.95. The molecule has 4 nitrogen and oxygen atoms in total. The maximum Gasteiger partial charge on any atom is 0.195 e. The van der Waals surface area contributed by atoms with Crippen LogP contribution in [0, 0.1) is 0 Å². The average molecular weight is 346 g/mol. The molecule has 0 saturated carbocycles. The van der Waals surface area contributed by atoms with Crippen LogP contribution in [0.1, 0.15) is 22.3 Å². The Kier molecular flexibility index (Phi) is 4.91. The summed E-state index contributed by atoms with van der Waals surface area (Å²) in [6, 6.07) is 14.3. The maximum absolute atomic E-state index is 12.8. The predicted octanol–water partition coefficient (Wildman–Crippen LogP) is 3.48. The van der Waals surface area contributed by atoms with Crippen LogP contribution in [0.3, 0.4) is 0 Å². The van der Waals surface area contributed by atoms with Crippen molar-refractivity contribution in [2.45, 2.75) is 6.42 Å². The third kappa shape index (κ3) is 3.69. The predicted molar refractivity (Wildman–Crippen MR) is 96.9 cm³/mol. The number of rotatable bonds is 3. The molecule has 0 aliphatic carbocycles. The van der Waals surface area contributed by atoms with Gasteiger partial charge in [0.25, 0.3) is 0 Å². The van der Waals surface area contributed by atoms with Crippen LogP contribution in [0.2, 0.25) is 5.02 Å². The van der Waals surface area contributed by atoms with Gasteiger partial charge in [-0.05, 0) is 36.8 Å². The highest BCUT2D eigenvalue weighted by Crippen LogP contribution is 2.24. The number of carbonyl (C=O) groups excluding carboxylic acids is 1. The summed E-state index contributed by atoms with van der Waals surface area (Å²) in [7, 11) is 0. The number of halogens is 1. The molecule has 0 aromatic heterocycles. The first-order chi connectivity index (χ1) is 11.1. The summed E-state index contributed by atoms with van der Waals surface area (Å²) in [4.78, 5) is 12.8. The van der Waals surface area contributed by atoms with E-state index in [1.54, 1.807) is 30.3 Å². The number of hydrogen-bond acceptors (Lipinski definition) is 3. The molecule has 2 N–H and O–H groups in total. The number of carbonyl (C=O) groups is 1. The molecule has 118 valence electrons. The minimum Gasteiger partial charge on any atom is -0.331 e. The minimum atomic E-state index is -0.0900. The minimum absolute atomic E-state index is 0.0900. The molecular formula is C17H16ClN3OS. The molecule has 1 aliphatic rings. The molecule has 2 aromatic rings. The van der Waals surface area contributed by atoms with E-state index in [9.17, 15) is 4.79 Å². The van der Waals surface area contributed by atoms with E-state index in [-0.39, 0.29) is 5.78 Å². The topological polar surface area (TPSA) is 44.4 Å². The highest BCUT2D eigenvalue weighted by Gasteiger charge is 2.18. The first kappa shape index (κ1) is 15.9. The lowest BCUT2D eigenvalue weighted by molar-refractivity contribution is 0.103. The molecule has 0 bridgehead atoms. The largest absolute Gasteiger partial charge is 0.331 e. The molecule has 0 amide bonds. The normalized spacial score (nSPS) is 13.9. The quantitative estimate of drug-likeness (QED) is 0.658. The number of hydrogen-bond donors (Lipinski definition) is 2. The SMILES string of the molecule is O=C(c1ccccc1)c1cc(Cl)ccc1NC(=S)N1CCCN1. The van der Waals surface area contributed by atoms with E-state index >= 15 is 0 Å². The zero-order valence-corrected chi connectivity index (χ0v) is 14.0. The van der Waals surface area contributed by atoms with Gasteiger partial charge in [0.15, 0.2) is 10.9 Å². The van der Waals surface area contributed by atoms with Gasteiger partial charge >= 0.3 is 0 Å². The van der Waals surface area contributed by atoms with Crippen molar-refractivity contribution in [2.24, 2.45) is 0 Å². The molecule has 2 aromatic carbocycles. The highest BCUT2D eigenvalue weighted by molar-refractivity contribution is 7.80. The second kappa shape index (κ2) is 7.08. The van der Waals surface area contributed by atoms with Crippen molar-refractivity contribution in [2.75, 3.05) is 18.4 Å². The summed E-state index contributed by atoms with van der Waals surface area (Å²) in [5, 5.41) is 6.08. The summed E-state index contributed by atoms with van der Waals surface area (Å²) >= 11 is 11.5. The number of benzene rings is 2. The third-order valence-corrected chi connectivity index (χ3v) is 4.17. The van der Waals surface area contributed by atoms with Crippen LogP contribution in [-0.4, -0.2) is 29.0 Å². The number of ketones is 1. The first-order valence-electron chi connectivity index (χ1n) is 7.36. The van der Waals surface area contributed by atoms with Crippen molar-refractivity contribution in [1.29, 1.82) is 0 Å². The Morgan fingerprint density at radius 1 is 1.22 bits per heavy atom. The Bertz CT molecular complexity index is 730. The molecule has 1 fully saturated rings. The lowest BCUT2D eigenvalue weighted by Crippen LogP contribution is -2.40. The zero-order valence-electron chi connectivity index (χ0n) is 12.4. The molecule has 1 saturated heterocycles. The number of hydrazine groups is 1. The van der Waals surface area contributed by atoms with Gasteiger partial charge in [0.2, 0.25) is 0 Å². The molecule has 0 radical (unpaired) electrons. The van der Waals surface area contributed by atoms with Crippen molar-refractivity contribution in [3.05, 3.63) is 64.7 Å². The van der Waals surface area contributed by atoms with Crippen LogP contribution in [0.15, 0.2) is 48.5 Å². The molecular weight excluding hydrogens is 330 g/mol. The van der Waals surface area contributed by atoms with E-state index in [0.717, 1.165) is 19.5 Å². The maximum atomic E-state index is 12.8. The fraction of sp³-hybridized carbons (Fsp3) is 0.176. The van der Waals surface area contributed by atoms with Gasteiger partial charge in [-0.25, -0.2) is 5.43 Å². The molecule has 0 spiro atoms. The molecule has 1 heterocycles. The van der Waals surface area contributed by atoms with Crippen molar-refractivity contribution in [3.8, 4) is 0 Å². The summed E-state index contributed by atoms with van der Waals surface area (Å²) < 4.78 is 0. The summed E-state index contributed by atoms with van der Waals surface area (Å²) in [6.07, 6.45) is 1.04. The molecule has 23 heavy (non-hydrogen) atoms. The Balaban J connectivity index is 1.88. The summed E-state index contributed by atoms with van der Waals surface area (Å²) in [5.74, 6) is -0.0900. The van der Waals surface area contributed by atoms with Crippen molar-refractivity contribution < 1.29 is 4.79 Å². The lowest BCUT2D eigenvalue weighted by atomic mass is 10.0. The van der Waals surface area contributed by atoms with Crippen molar-refractivity contribution >= 4 is 40.4 Å². The third-order valence-electron chi connectivity index (χ3n) is 3.61. The van der Waals surface area contributed by atoms with E-state index in [0.29, 0.717) is 26.9 Å². The van der Waals surface area contributed by atoms with Crippen LogP contribution in [0.5, 0.6) is 0 Å². The number of anilines is 1. The summed E-state index contributed by atoms with van der Waals surface area (Å²) in [6.45, 7) is 1.75. The zero-order chi connectivity index (χ0) is 16.2. The van der Waals surface area contributed by atoms with Gasteiger partial charge < -0.3 is 5.32 Å². The van der Waals surface area contributed by atoms with E-state index in [1.807, 2.05) is 23.2 Å². The molecule has 3 rings (SSSR count). The van der Waals surface area contributed by atoms with Gasteiger partial charge in [0.05, 0.1) is 5.69 Å². The van der Waals surface area contributed by atoms with Gasteiger partial charge in [-0.3, -0.25) is 9.80 Å². The Morgan fingerprint density at radius 2 is 2.00 bits per heavy atom. The smallest absolute Gasteiger partial charge is 0.195 e. The molecule has 1 aliphatic heterocycles. The average Bonchev–Trinajstić information content (AvgIpc) is 3.11. The fourth-order valence-electron chi connectivity index (χ4n) is 2.44. The second-order valence-corrected chi connectivity index (χ2v) is 6.05. The van der Waals surface area contributed by atoms with Crippen LogP contribution < -0.4 is 10.7 Å². The van der Waals surface area contributed by atoms with E-state index in [2.05, 4.69) is 10.7 Å². The van der Waals surface area contributed by atoms with E-state index < -0.39 is 0 Å². The van der Waals surface area contributed by atoms with Gasteiger partial charge in [-0.15, -0.1) is 0 Å². The van der Waals surface area contributed by atoms with Crippen molar-refractivity contribution in [1.82, 2.24) is 10.4 Å². The highest BCUT2D eigenvalue weighted by atomic mass is 35.5. The molecule has 6 heteroatoms. The number of nitrogens with zero attached hydrogens (tertiary/aromatic N) is 1. The standard InChI is InChI=1S/C17H16ClN3OS/c18-13-7-8-15(20-17(23)21-10-4-9-19-21)14(11-13)16(22)12-5-2-1-3-6-12/h1-3,5-8,11,19H,4,9-10H2,(H,20,23). The lowest BCUT2D eigenvalue weighted by Gasteiger charge is -2.21. The van der Waals surface area contributed by atoms with Gasteiger partial charge in [-0.2, -0.15) is 0 Å². The van der Waals surface area contributed by atoms with Gasteiger partial charge in [-0.1, -0.05) is 41.9 Å². The van der Waals surface area contributed by atoms with Crippen LogP contribution in [-0.2, 0) is 0 Å². The van der Waals surface area contributed by atoms with Gasteiger partial charge in [0, 0.05) is 29.2 Å². The molecule has 0 unspecified atom stereocenters. The summed E-state index contributed by atoms with van der Waals surface area (Å²) in [5.41, 5.74) is 4.96. The monoisotopic (exact) mass is 345 g/mol. The van der Waals surface area contributed by atoms with Gasteiger partial charge in [0.1, 0.15) is 0 Å². The van der Waals surface area contributed by atoms with E-state index in [4.69, 9.17) is 23.8 Å². The Labute approximate surface area is 145 Å². The number of nitrogens with one attached hydrogen (secondary N) is 2. The van der Waals surface area contributed by atoms with Crippen LogP contribution in [0.4, 0.5) is 5.69 Å². The molecule has 0 atom stereocenters. The van der Waals surface area contributed by atoms with Crippen LogP contribution in [0.25, 0.3) is 0 Å². The second-order valence-electron chi connectivity index (χ2n) is 5.23. The van der Waals surface area contributed by atoms with Crippen molar-refractivity contribution in [3.63, 3.8) is 0 Å². The van der Waals surface area contributed by atoms with Crippen LogP contribution >= 0.6 is 23.8 Å². The Morgan fingerprint density at radius 3 is 2.70 bits per heavy atom. The number of thiocarbonyl (C=S) groups is 1. The fourth-order valence-corrected chi connectivity index (χ4v) is 2.88.